The van der Waals surface area contributed by atoms with Gasteiger partial charge in [-0.1, -0.05) is 12.1 Å². The Balaban J connectivity index is 0.00000361. The Labute approximate surface area is 125 Å². The fourth-order valence-electron chi connectivity index (χ4n) is 1.61. The highest BCUT2D eigenvalue weighted by Gasteiger charge is 2.05. The maximum absolute atomic E-state index is 11.7. The second kappa shape index (κ2) is 10.2. The quantitative estimate of drug-likeness (QED) is 0.706. The van der Waals surface area contributed by atoms with Crippen molar-refractivity contribution >= 4 is 24.2 Å². The van der Waals surface area contributed by atoms with Crippen LogP contribution in [0.4, 0.5) is 0 Å². The third kappa shape index (κ3) is 6.54. The molecule has 0 atom stereocenters. The van der Waals surface area contributed by atoms with Gasteiger partial charge in [-0.15, -0.1) is 12.4 Å². The molecule has 0 aliphatic carbocycles. The van der Waals surface area contributed by atoms with E-state index in [2.05, 4.69) is 16.0 Å². The molecule has 20 heavy (non-hydrogen) atoms. The molecule has 112 valence electrons. The van der Waals surface area contributed by atoms with Crippen LogP contribution < -0.4 is 16.0 Å². The Kier molecular flexibility index (Phi) is 9.41. The van der Waals surface area contributed by atoms with E-state index in [1.807, 2.05) is 26.1 Å². The van der Waals surface area contributed by atoms with Gasteiger partial charge in [0.1, 0.15) is 0 Å². The molecule has 0 aromatic heterocycles. The van der Waals surface area contributed by atoms with Crippen LogP contribution in [0, 0.1) is 0 Å². The Hall–Kier alpha value is -1.59. The van der Waals surface area contributed by atoms with E-state index in [1.165, 1.54) is 0 Å². The first-order valence-corrected chi connectivity index (χ1v) is 6.45. The summed E-state index contributed by atoms with van der Waals surface area (Å²) >= 11 is 0. The van der Waals surface area contributed by atoms with Crippen molar-refractivity contribution in [3.8, 4) is 0 Å². The Bertz CT molecular complexity index is 438. The van der Waals surface area contributed by atoms with Crippen LogP contribution >= 0.6 is 12.4 Å². The van der Waals surface area contributed by atoms with Crippen molar-refractivity contribution in [3.63, 3.8) is 0 Å². The largest absolute Gasteiger partial charge is 0.352 e. The summed E-state index contributed by atoms with van der Waals surface area (Å²) in [6.07, 6.45) is 0.451. The molecule has 0 saturated heterocycles. The molecule has 0 saturated carbocycles. The first-order chi connectivity index (χ1) is 9.17. The minimum Gasteiger partial charge on any atom is -0.352 e. The van der Waals surface area contributed by atoms with Crippen LogP contribution in [0.15, 0.2) is 24.3 Å². The van der Waals surface area contributed by atoms with E-state index >= 15 is 0 Å². The number of carbonyl (C=O) groups is 2. The second-order valence-corrected chi connectivity index (χ2v) is 4.19. The number of carbonyl (C=O) groups excluding carboxylic acids is 2. The number of rotatable bonds is 7. The van der Waals surface area contributed by atoms with Gasteiger partial charge >= 0.3 is 0 Å². The van der Waals surface area contributed by atoms with E-state index in [0.717, 1.165) is 5.56 Å². The molecular weight excluding hydrogens is 278 g/mol. The van der Waals surface area contributed by atoms with Crippen LogP contribution in [0.25, 0.3) is 0 Å². The average Bonchev–Trinajstić information content (AvgIpc) is 2.43. The molecule has 0 bridgehead atoms. The van der Waals surface area contributed by atoms with Gasteiger partial charge in [0.15, 0.2) is 0 Å². The summed E-state index contributed by atoms with van der Waals surface area (Å²) in [5.41, 5.74) is 1.53. The lowest BCUT2D eigenvalue weighted by molar-refractivity contribution is -0.121. The third-order valence-corrected chi connectivity index (χ3v) is 2.62. The molecule has 0 aliphatic heterocycles. The summed E-state index contributed by atoms with van der Waals surface area (Å²) in [5, 5.41) is 8.49. The minimum atomic E-state index is -0.0918. The van der Waals surface area contributed by atoms with Crippen molar-refractivity contribution in [1.29, 1.82) is 0 Å². The van der Waals surface area contributed by atoms with Crippen molar-refractivity contribution in [2.24, 2.45) is 0 Å². The summed E-state index contributed by atoms with van der Waals surface area (Å²) in [6, 6.07) is 7.27. The Morgan fingerprint density at radius 1 is 1.20 bits per heavy atom. The van der Waals surface area contributed by atoms with Crippen molar-refractivity contribution < 1.29 is 9.59 Å². The van der Waals surface area contributed by atoms with Gasteiger partial charge in [-0.2, -0.15) is 0 Å². The lowest BCUT2D eigenvalue weighted by Gasteiger charge is -2.07. The van der Waals surface area contributed by atoms with Gasteiger partial charge in [0.05, 0.1) is 0 Å². The predicted octanol–water partition coefficient (Wildman–Crippen LogP) is 1.08. The first kappa shape index (κ1) is 18.4. The third-order valence-electron chi connectivity index (χ3n) is 2.62. The number of benzene rings is 1. The molecule has 0 radical (unpaired) electrons. The van der Waals surface area contributed by atoms with E-state index in [1.54, 1.807) is 12.1 Å². The molecule has 5 nitrogen and oxygen atoms in total. The summed E-state index contributed by atoms with van der Waals surface area (Å²) in [4.78, 5) is 23.1. The van der Waals surface area contributed by atoms with Crippen LogP contribution in [-0.2, 0) is 11.3 Å². The zero-order chi connectivity index (χ0) is 14.1. The minimum absolute atomic E-state index is 0. The molecule has 1 aromatic rings. The maximum Gasteiger partial charge on any atom is 0.251 e. The fourth-order valence-corrected chi connectivity index (χ4v) is 1.61. The maximum atomic E-state index is 11.7. The molecule has 1 rings (SSSR count). The van der Waals surface area contributed by atoms with E-state index in [9.17, 15) is 9.59 Å². The van der Waals surface area contributed by atoms with Crippen LogP contribution in [0.3, 0.4) is 0 Å². The SMILES string of the molecule is CCNC(=O)c1cccc(CNC(=O)CCNC)c1.Cl. The summed E-state index contributed by atoms with van der Waals surface area (Å²) < 4.78 is 0. The molecule has 3 N–H and O–H groups in total. The lowest BCUT2D eigenvalue weighted by Crippen LogP contribution is -2.26. The molecule has 0 unspecified atom stereocenters. The van der Waals surface area contributed by atoms with E-state index < -0.39 is 0 Å². The van der Waals surface area contributed by atoms with Crippen molar-refractivity contribution in [2.75, 3.05) is 20.1 Å². The summed E-state index contributed by atoms with van der Waals surface area (Å²) in [6.45, 7) is 3.58. The standard InChI is InChI=1S/C14H21N3O2.ClH/c1-3-16-14(19)12-6-4-5-11(9-12)10-17-13(18)7-8-15-2;/h4-6,9,15H,3,7-8,10H2,1-2H3,(H,16,19)(H,17,18);1H. The number of hydrogen-bond acceptors (Lipinski definition) is 3. The fraction of sp³-hybridized carbons (Fsp3) is 0.429. The number of nitrogens with one attached hydrogen (secondary N) is 3. The molecule has 0 aliphatic rings. The number of hydrogen-bond donors (Lipinski definition) is 3. The van der Waals surface area contributed by atoms with Gasteiger partial charge in [0.25, 0.3) is 5.91 Å². The monoisotopic (exact) mass is 299 g/mol. The van der Waals surface area contributed by atoms with Gasteiger partial charge in [-0.05, 0) is 31.7 Å². The van der Waals surface area contributed by atoms with E-state index in [0.29, 0.717) is 31.6 Å². The van der Waals surface area contributed by atoms with E-state index in [4.69, 9.17) is 0 Å². The van der Waals surface area contributed by atoms with Gasteiger partial charge in [0.2, 0.25) is 5.91 Å². The molecule has 0 heterocycles. The molecule has 0 spiro atoms. The smallest absolute Gasteiger partial charge is 0.251 e. The highest BCUT2D eigenvalue weighted by atomic mass is 35.5. The van der Waals surface area contributed by atoms with Crippen LogP contribution in [0.1, 0.15) is 29.3 Å². The van der Waals surface area contributed by atoms with Gasteiger partial charge < -0.3 is 16.0 Å². The zero-order valence-electron chi connectivity index (χ0n) is 11.9. The second-order valence-electron chi connectivity index (χ2n) is 4.19. The van der Waals surface area contributed by atoms with Crippen LogP contribution in [0.2, 0.25) is 0 Å². The molecule has 6 heteroatoms. The van der Waals surface area contributed by atoms with Crippen molar-refractivity contribution in [2.45, 2.75) is 19.9 Å². The summed E-state index contributed by atoms with van der Waals surface area (Å²) in [7, 11) is 1.81. The van der Waals surface area contributed by atoms with Crippen LogP contribution in [-0.4, -0.2) is 32.0 Å². The average molecular weight is 300 g/mol. The highest BCUT2D eigenvalue weighted by Crippen LogP contribution is 2.05. The predicted molar refractivity (Wildman–Crippen MR) is 82.1 cm³/mol. The normalized spacial score (nSPS) is 9.50. The molecule has 1 aromatic carbocycles. The van der Waals surface area contributed by atoms with Crippen molar-refractivity contribution in [1.82, 2.24) is 16.0 Å². The molecular formula is C14H22ClN3O2. The molecule has 2 amide bonds. The van der Waals surface area contributed by atoms with Crippen LogP contribution in [0.5, 0.6) is 0 Å². The van der Waals surface area contributed by atoms with Gasteiger partial charge in [0, 0.05) is 31.6 Å². The Morgan fingerprint density at radius 2 is 1.95 bits per heavy atom. The topological polar surface area (TPSA) is 70.2 Å². The zero-order valence-corrected chi connectivity index (χ0v) is 12.7. The summed E-state index contributed by atoms with van der Waals surface area (Å²) in [5.74, 6) is -0.0939. The van der Waals surface area contributed by atoms with Gasteiger partial charge in [-0.25, -0.2) is 0 Å². The highest BCUT2D eigenvalue weighted by molar-refractivity contribution is 5.94. The van der Waals surface area contributed by atoms with Gasteiger partial charge in [-0.3, -0.25) is 9.59 Å². The Morgan fingerprint density at radius 3 is 2.60 bits per heavy atom. The first-order valence-electron chi connectivity index (χ1n) is 6.45. The number of halogens is 1. The van der Waals surface area contributed by atoms with Crippen molar-refractivity contribution in [3.05, 3.63) is 35.4 Å². The number of amides is 2. The molecule has 0 fully saturated rings. The lowest BCUT2D eigenvalue weighted by atomic mass is 10.1. The van der Waals surface area contributed by atoms with E-state index in [-0.39, 0.29) is 24.2 Å².